The normalized spacial score (nSPS) is 14.3. The van der Waals surface area contributed by atoms with Crippen LogP contribution >= 0.6 is 0 Å². The summed E-state index contributed by atoms with van der Waals surface area (Å²) < 4.78 is 2.71. The van der Waals surface area contributed by atoms with Gasteiger partial charge >= 0.3 is 0 Å². The van der Waals surface area contributed by atoms with Gasteiger partial charge in [0.1, 0.15) is 0 Å². The van der Waals surface area contributed by atoms with Crippen LogP contribution in [0, 0.1) is 0 Å². The van der Waals surface area contributed by atoms with Gasteiger partial charge in [0.2, 0.25) is 0 Å². The summed E-state index contributed by atoms with van der Waals surface area (Å²) in [5.74, 6) is 0. The highest BCUT2D eigenvalue weighted by Crippen LogP contribution is 2.45. The molecule has 3 nitrogen and oxygen atoms in total. The largest absolute Gasteiger partial charge is 0.393 e. The summed E-state index contributed by atoms with van der Waals surface area (Å²) in [7, 11) is 2.45. The maximum absolute atomic E-state index is 10.1. The van der Waals surface area contributed by atoms with Crippen LogP contribution in [-0.2, 0) is 13.0 Å². The average molecular weight is 389 g/mol. The van der Waals surface area contributed by atoms with Crippen molar-refractivity contribution >= 4 is 19.1 Å². The van der Waals surface area contributed by atoms with Crippen LogP contribution in [0.3, 0.4) is 0 Å². The number of fused-ring (bicyclic) bond motifs is 1. The Hall–Kier alpha value is -1.10. The van der Waals surface area contributed by atoms with E-state index < -0.39 is 8.24 Å². The molecule has 1 heterocycles. The van der Waals surface area contributed by atoms with Gasteiger partial charge in [-0.2, -0.15) is 0 Å². The molecule has 1 atom stereocenters. The second-order valence-electron chi connectivity index (χ2n) is 9.48. The lowest BCUT2D eigenvalue weighted by molar-refractivity contribution is 0.196. The fraction of sp³-hybridized carbons (Fsp3) is 0.652. The van der Waals surface area contributed by atoms with Crippen molar-refractivity contribution in [2.45, 2.75) is 84.2 Å². The van der Waals surface area contributed by atoms with Crippen LogP contribution in [0.1, 0.15) is 59.6 Å². The number of nitrogens with zero attached hydrogens (tertiary/aromatic N) is 2. The van der Waals surface area contributed by atoms with Crippen LogP contribution in [0.2, 0.25) is 16.6 Å². The van der Waals surface area contributed by atoms with E-state index in [1.807, 2.05) is 6.92 Å². The molecular weight excluding hydrogens is 348 g/mol. The lowest BCUT2D eigenvalue weighted by Crippen LogP contribution is -2.51. The smallest absolute Gasteiger partial charge is 0.169 e. The number of rotatable bonds is 8. The standard InChI is InChI=1S/C23H40N2OSi/c1-16(2)27(17(3)4,18(5)6)25-15-21(14-24(8)9)23-20(13-19(7)26)11-10-12-22(23)25/h10-12,15-19,26H,13-14H2,1-9H3. The van der Waals surface area contributed by atoms with E-state index in [1.54, 1.807) is 0 Å². The van der Waals surface area contributed by atoms with E-state index in [4.69, 9.17) is 0 Å². The van der Waals surface area contributed by atoms with E-state index in [0.29, 0.717) is 23.0 Å². The van der Waals surface area contributed by atoms with Crippen LogP contribution in [0.25, 0.3) is 10.9 Å². The number of benzene rings is 1. The van der Waals surface area contributed by atoms with E-state index in [-0.39, 0.29) is 6.10 Å². The monoisotopic (exact) mass is 388 g/mol. The molecule has 0 amide bonds. The highest BCUT2D eigenvalue weighted by atomic mass is 28.3. The fourth-order valence-corrected chi connectivity index (χ4v) is 12.2. The Balaban J connectivity index is 2.88. The van der Waals surface area contributed by atoms with Crippen molar-refractivity contribution in [1.82, 2.24) is 9.13 Å². The highest BCUT2D eigenvalue weighted by molar-refractivity contribution is 6.82. The maximum atomic E-state index is 10.1. The molecule has 1 aromatic carbocycles. The van der Waals surface area contributed by atoms with Crippen LogP contribution in [0.4, 0.5) is 0 Å². The molecule has 0 fully saturated rings. The summed E-state index contributed by atoms with van der Waals surface area (Å²) in [5, 5.41) is 11.4. The van der Waals surface area contributed by atoms with E-state index in [2.05, 4.69) is 89.2 Å². The number of aromatic nitrogens is 1. The zero-order valence-electron chi connectivity index (χ0n) is 18.9. The molecule has 0 saturated carbocycles. The Kier molecular flexibility index (Phi) is 6.99. The lowest BCUT2D eigenvalue weighted by Gasteiger charge is -2.44. The van der Waals surface area contributed by atoms with Crippen molar-refractivity contribution in [2.75, 3.05) is 14.1 Å². The van der Waals surface area contributed by atoms with Crippen LogP contribution in [0.15, 0.2) is 24.4 Å². The molecule has 0 aliphatic rings. The second-order valence-corrected chi connectivity index (χ2v) is 15.2. The highest BCUT2D eigenvalue weighted by Gasteiger charge is 2.46. The molecule has 152 valence electrons. The van der Waals surface area contributed by atoms with E-state index in [0.717, 1.165) is 6.54 Å². The minimum atomic E-state index is -1.83. The summed E-state index contributed by atoms with van der Waals surface area (Å²) in [6.45, 7) is 17.3. The number of hydrogen-bond acceptors (Lipinski definition) is 2. The second kappa shape index (κ2) is 8.50. The third kappa shape index (κ3) is 4.03. The molecule has 0 radical (unpaired) electrons. The minimum Gasteiger partial charge on any atom is -0.393 e. The summed E-state index contributed by atoms with van der Waals surface area (Å²) in [4.78, 5) is 2.25. The van der Waals surface area contributed by atoms with Gasteiger partial charge in [0.25, 0.3) is 0 Å². The maximum Gasteiger partial charge on any atom is 0.169 e. The van der Waals surface area contributed by atoms with Crippen molar-refractivity contribution in [1.29, 1.82) is 0 Å². The van der Waals surface area contributed by atoms with Crippen LogP contribution in [-0.4, -0.2) is 42.7 Å². The average Bonchev–Trinajstić information content (AvgIpc) is 2.85. The van der Waals surface area contributed by atoms with Gasteiger partial charge in [-0.15, -0.1) is 0 Å². The summed E-state index contributed by atoms with van der Waals surface area (Å²) in [6.07, 6.45) is 2.84. The molecule has 27 heavy (non-hydrogen) atoms. The molecule has 1 unspecified atom stereocenters. The van der Waals surface area contributed by atoms with Crippen molar-refractivity contribution in [3.8, 4) is 0 Å². The lowest BCUT2D eigenvalue weighted by atomic mass is 10.0. The number of aliphatic hydroxyl groups is 1. The predicted octanol–water partition coefficient (Wildman–Crippen LogP) is 5.65. The molecule has 0 aliphatic carbocycles. The molecule has 4 heteroatoms. The number of aliphatic hydroxyl groups excluding tert-OH is 1. The molecule has 2 aromatic rings. The minimum absolute atomic E-state index is 0.326. The first-order valence-corrected chi connectivity index (χ1v) is 12.7. The van der Waals surface area contributed by atoms with Crippen molar-refractivity contribution < 1.29 is 5.11 Å². The van der Waals surface area contributed by atoms with E-state index in [9.17, 15) is 5.11 Å². The molecule has 0 aliphatic heterocycles. The third-order valence-corrected chi connectivity index (χ3v) is 12.9. The molecule has 1 N–H and O–H groups in total. The zero-order chi connectivity index (χ0) is 20.5. The van der Waals surface area contributed by atoms with Gasteiger partial charge in [0.15, 0.2) is 8.24 Å². The van der Waals surface area contributed by atoms with Gasteiger partial charge in [0.05, 0.1) is 6.10 Å². The molecule has 0 spiro atoms. The third-order valence-electron chi connectivity index (χ3n) is 6.19. The first kappa shape index (κ1) is 22.2. The Bertz CT molecular complexity index is 737. The number of hydrogen-bond donors (Lipinski definition) is 1. The first-order valence-electron chi connectivity index (χ1n) is 10.5. The van der Waals surface area contributed by atoms with Gasteiger partial charge < -0.3 is 14.2 Å². The van der Waals surface area contributed by atoms with Crippen molar-refractivity contribution in [3.63, 3.8) is 0 Å². The molecule has 0 saturated heterocycles. The van der Waals surface area contributed by atoms with Crippen molar-refractivity contribution in [2.24, 2.45) is 0 Å². The topological polar surface area (TPSA) is 28.4 Å². The SMILES string of the molecule is CC(O)Cc1cccc2c1c(CN(C)C)cn2[Si](C(C)C)(C(C)C)C(C)C. The molecule has 0 bridgehead atoms. The van der Waals surface area contributed by atoms with Gasteiger partial charge in [0, 0.05) is 23.6 Å². The van der Waals surface area contributed by atoms with Crippen LogP contribution in [0.5, 0.6) is 0 Å². The van der Waals surface area contributed by atoms with E-state index in [1.165, 1.54) is 22.0 Å². The predicted molar refractivity (Wildman–Crippen MR) is 121 cm³/mol. The fourth-order valence-electron chi connectivity index (χ4n) is 5.55. The first-order chi connectivity index (χ1) is 12.5. The molecular formula is C23H40N2OSi. The van der Waals surface area contributed by atoms with Gasteiger partial charge in [-0.05, 0) is 61.3 Å². The zero-order valence-corrected chi connectivity index (χ0v) is 19.9. The Morgan fingerprint density at radius 3 is 1.93 bits per heavy atom. The summed E-state index contributed by atoms with van der Waals surface area (Å²) in [5.41, 5.74) is 6.00. The Morgan fingerprint density at radius 2 is 1.48 bits per heavy atom. The summed E-state index contributed by atoms with van der Waals surface area (Å²) >= 11 is 0. The molecule has 2 rings (SSSR count). The quantitative estimate of drug-likeness (QED) is 0.592. The van der Waals surface area contributed by atoms with Crippen molar-refractivity contribution in [3.05, 3.63) is 35.5 Å². The Morgan fingerprint density at radius 1 is 0.926 bits per heavy atom. The Labute approximate surface area is 167 Å². The van der Waals surface area contributed by atoms with Gasteiger partial charge in [-0.3, -0.25) is 0 Å². The van der Waals surface area contributed by atoms with Gasteiger partial charge in [-0.25, -0.2) is 0 Å². The molecule has 1 aromatic heterocycles. The van der Waals surface area contributed by atoms with E-state index >= 15 is 0 Å². The van der Waals surface area contributed by atoms with Gasteiger partial charge in [-0.1, -0.05) is 53.7 Å². The van der Waals surface area contributed by atoms with Crippen LogP contribution < -0.4 is 0 Å². The summed E-state index contributed by atoms with van der Waals surface area (Å²) in [6, 6.07) is 6.67.